The summed E-state index contributed by atoms with van der Waals surface area (Å²) >= 11 is 0. The molecular weight excluding hydrogens is 394 g/mol. The lowest BCUT2D eigenvalue weighted by atomic mass is 9.97. The second-order valence-electron chi connectivity index (χ2n) is 6.87. The minimum absolute atomic E-state index is 0.0102. The minimum Gasteiger partial charge on any atom is -0.351 e. The fourth-order valence-electron chi connectivity index (χ4n) is 3.03. The van der Waals surface area contributed by atoms with Crippen molar-refractivity contribution in [2.75, 3.05) is 27.2 Å². The summed E-state index contributed by atoms with van der Waals surface area (Å²) in [6.45, 7) is 1.30. The molecule has 1 heterocycles. The molecule has 1 aliphatic heterocycles. The van der Waals surface area contributed by atoms with Crippen molar-refractivity contribution in [3.63, 3.8) is 0 Å². The fraction of sp³-hybridized carbons (Fsp3) is 0.278. The van der Waals surface area contributed by atoms with Crippen molar-refractivity contribution in [2.24, 2.45) is 5.14 Å². The molecule has 0 saturated carbocycles. The molecule has 2 aromatic carbocycles. The van der Waals surface area contributed by atoms with E-state index in [1.807, 2.05) is 19.0 Å². The van der Waals surface area contributed by atoms with E-state index in [0.29, 0.717) is 23.2 Å². The summed E-state index contributed by atoms with van der Waals surface area (Å²) in [7, 11) is -0.0684. The van der Waals surface area contributed by atoms with Crippen LogP contribution in [0.2, 0.25) is 0 Å². The third-order valence-corrected chi connectivity index (χ3v) is 5.43. The number of nitrogens with zero attached hydrogens (tertiary/aromatic N) is 1. The highest BCUT2D eigenvalue weighted by atomic mass is 32.2. The monoisotopic (exact) mass is 419 g/mol. The highest BCUT2D eigenvalue weighted by Crippen LogP contribution is 2.32. The van der Waals surface area contributed by atoms with Crippen LogP contribution in [0.15, 0.2) is 47.4 Å². The van der Waals surface area contributed by atoms with Gasteiger partial charge in [-0.15, -0.1) is 0 Å². The highest BCUT2D eigenvalue weighted by molar-refractivity contribution is 7.89. The molecule has 11 heteroatoms. The maximum atomic E-state index is 12.3. The number of sulfonamides is 1. The first kappa shape index (κ1) is 21.3. The SMILES string of the molecule is CN(C)CCNC(=O)c1ccc(-c2cccc(S(N)(=O)=O)c2C2NNNN2)cc1. The third kappa shape index (κ3) is 5.16. The van der Waals surface area contributed by atoms with Crippen molar-refractivity contribution < 1.29 is 13.2 Å². The van der Waals surface area contributed by atoms with E-state index in [1.165, 1.54) is 6.07 Å². The topological polar surface area (TPSA) is 141 Å². The summed E-state index contributed by atoms with van der Waals surface area (Å²) in [6, 6.07) is 11.9. The van der Waals surface area contributed by atoms with Gasteiger partial charge < -0.3 is 10.2 Å². The van der Waals surface area contributed by atoms with Gasteiger partial charge in [0.25, 0.3) is 5.91 Å². The number of amides is 1. The average Bonchev–Trinajstić information content (AvgIpc) is 3.21. The van der Waals surface area contributed by atoms with Gasteiger partial charge in [-0.2, -0.15) is 11.1 Å². The van der Waals surface area contributed by atoms with Gasteiger partial charge in [0, 0.05) is 24.2 Å². The van der Waals surface area contributed by atoms with E-state index < -0.39 is 16.2 Å². The summed E-state index contributed by atoms with van der Waals surface area (Å²) in [5.74, 6) is -0.163. The second-order valence-corrected chi connectivity index (χ2v) is 8.40. The van der Waals surface area contributed by atoms with Crippen LogP contribution < -0.4 is 32.4 Å². The Hall–Kier alpha value is -2.38. The Morgan fingerprint density at radius 3 is 2.34 bits per heavy atom. The maximum Gasteiger partial charge on any atom is 0.251 e. The van der Waals surface area contributed by atoms with Gasteiger partial charge in [0.2, 0.25) is 10.0 Å². The standard InChI is InChI=1S/C18H25N7O3S/c1-25(2)11-10-20-18(26)13-8-6-12(7-9-13)14-4-3-5-15(29(19,27)28)16(14)17-21-23-24-22-17/h3-9,17,21-24H,10-11H2,1-2H3,(H,20,26)(H2,19,27,28). The lowest BCUT2D eigenvalue weighted by Crippen LogP contribution is -2.33. The lowest BCUT2D eigenvalue weighted by Gasteiger charge is -2.19. The van der Waals surface area contributed by atoms with Crippen molar-refractivity contribution in [2.45, 2.75) is 11.1 Å². The Balaban J connectivity index is 1.91. The van der Waals surface area contributed by atoms with E-state index in [9.17, 15) is 13.2 Å². The molecule has 29 heavy (non-hydrogen) atoms. The number of carbonyl (C=O) groups is 1. The molecule has 0 spiro atoms. The second kappa shape index (κ2) is 8.97. The van der Waals surface area contributed by atoms with Crippen LogP contribution in [0, 0.1) is 0 Å². The number of hydrogen-bond donors (Lipinski definition) is 6. The Morgan fingerprint density at radius 2 is 1.76 bits per heavy atom. The summed E-state index contributed by atoms with van der Waals surface area (Å²) in [5, 5.41) is 8.28. The zero-order chi connectivity index (χ0) is 21.0. The van der Waals surface area contributed by atoms with Crippen LogP contribution in [-0.2, 0) is 10.0 Å². The van der Waals surface area contributed by atoms with E-state index in [-0.39, 0.29) is 10.8 Å². The predicted molar refractivity (Wildman–Crippen MR) is 109 cm³/mol. The van der Waals surface area contributed by atoms with Crippen LogP contribution in [0.1, 0.15) is 22.1 Å². The smallest absolute Gasteiger partial charge is 0.251 e. The largest absolute Gasteiger partial charge is 0.351 e. The van der Waals surface area contributed by atoms with Gasteiger partial charge in [-0.1, -0.05) is 24.3 Å². The number of hydrazine groups is 3. The van der Waals surface area contributed by atoms with E-state index in [0.717, 1.165) is 12.1 Å². The zero-order valence-corrected chi connectivity index (χ0v) is 17.0. The summed E-state index contributed by atoms with van der Waals surface area (Å²) < 4.78 is 24.2. The quantitative estimate of drug-likeness (QED) is 0.350. The first-order valence-corrected chi connectivity index (χ1v) is 10.5. The molecule has 156 valence electrons. The number of primary sulfonamides is 1. The first-order chi connectivity index (χ1) is 13.8. The molecule has 2 aromatic rings. The van der Waals surface area contributed by atoms with Crippen LogP contribution in [0.4, 0.5) is 0 Å². The number of nitrogens with one attached hydrogen (secondary N) is 5. The molecule has 0 aromatic heterocycles. The summed E-state index contributed by atoms with van der Waals surface area (Å²) in [4.78, 5) is 14.3. The molecule has 10 nitrogen and oxygen atoms in total. The normalized spacial score (nSPS) is 15.0. The predicted octanol–water partition coefficient (Wildman–Crippen LogP) is -0.592. The molecule has 7 N–H and O–H groups in total. The Morgan fingerprint density at radius 1 is 1.10 bits per heavy atom. The van der Waals surface area contributed by atoms with Crippen molar-refractivity contribution >= 4 is 15.9 Å². The van der Waals surface area contributed by atoms with Gasteiger partial charge >= 0.3 is 0 Å². The average molecular weight is 420 g/mol. The van der Waals surface area contributed by atoms with Gasteiger partial charge in [0.15, 0.2) is 0 Å². The Kier molecular flexibility index (Phi) is 6.59. The van der Waals surface area contributed by atoms with E-state index in [4.69, 9.17) is 5.14 Å². The highest BCUT2D eigenvalue weighted by Gasteiger charge is 2.26. The molecule has 0 bridgehead atoms. The van der Waals surface area contributed by atoms with Crippen molar-refractivity contribution in [1.82, 2.24) is 32.1 Å². The summed E-state index contributed by atoms with van der Waals surface area (Å²) in [5.41, 5.74) is 13.6. The van der Waals surface area contributed by atoms with Crippen molar-refractivity contribution in [3.8, 4) is 11.1 Å². The van der Waals surface area contributed by atoms with Crippen LogP contribution >= 0.6 is 0 Å². The molecule has 0 aliphatic carbocycles. The molecule has 0 radical (unpaired) electrons. The molecule has 1 saturated heterocycles. The van der Waals surface area contributed by atoms with Gasteiger partial charge in [0.1, 0.15) is 6.17 Å². The van der Waals surface area contributed by atoms with Gasteiger partial charge in [-0.25, -0.2) is 24.4 Å². The molecule has 1 amide bonds. The molecular formula is C18H25N7O3S. The van der Waals surface area contributed by atoms with Crippen molar-refractivity contribution in [3.05, 3.63) is 53.6 Å². The third-order valence-electron chi connectivity index (χ3n) is 4.46. The van der Waals surface area contributed by atoms with Crippen LogP contribution in [0.25, 0.3) is 11.1 Å². The lowest BCUT2D eigenvalue weighted by molar-refractivity contribution is 0.0951. The van der Waals surface area contributed by atoms with E-state index in [2.05, 4.69) is 27.2 Å². The van der Waals surface area contributed by atoms with Gasteiger partial charge in [0.05, 0.1) is 4.90 Å². The zero-order valence-electron chi connectivity index (χ0n) is 16.2. The maximum absolute atomic E-state index is 12.3. The fourth-order valence-corrected chi connectivity index (χ4v) is 3.84. The van der Waals surface area contributed by atoms with Crippen LogP contribution in [0.3, 0.4) is 0 Å². The van der Waals surface area contributed by atoms with E-state index >= 15 is 0 Å². The summed E-state index contributed by atoms with van der Waals surface area (Å²) in [6.07, 6.45) is -0.534. The Labute approximate surface area is 169 Å². The molecule has 0 unspecified atom stereocenters. The van der Waals surface area contributed by atoms with Crippen molar-refractivity contribution in [1.29, 1.82) is 0 Å². The van der Waals surface area contributed by atoms with Crippen LogP contribution in [-0.4, -0.2) is 46.4 Å². The minimum atomic E-state index is -3.94. The number of benzene rings is 2. The number of rotatable bonds is 7. The molecule has 1 fully saturated rings. The number of likely N-dealkylation sites (N-methyl/N-ethyl adjacent to an activating group) is 1. The van der Waals surface area contributed by atoms with Gasteiger partial charge in [-0.05, 0) is 43.4 Å². The first-order valence-electron chi connectivity index (χ1n) is 8.97. The van der Waals surface area contributed by atoms with Crippen LogP contribution in [0.5, 0.6) is 0 Å². The molecule has 1 aliphatic rings. The molecule has 0 atom stereocenters. The van der Waals surface area contributed by atoms with E-state index in [1.54, 1.807) is 36.4 Å². The number of carbonyl (C=O) groups excluding carboxylic acids is 1. The van der Waals surface area contributed by atoms with Gasteiger partial charge in [-0.3, -0.25) is 4.79 Å². The Bertz CT molecular complexity index is 971. The number of nitrogens with two attached hydrogens (primary N) is 1. The number of hydrogen-bond acceptors (Lipinski definition) is 8. The molecule has 3 rings (SSSR count).